The molecule has 0 radical (unpaired) electrons. The molecule has 1 aromatic carbocycles. The highest BCUT2D eigenvalue weighted by atomic mass is 16.5. The standard InChI is InChI=1S/C28H30N8O4/c1-28(15-40-16-28)26(38)35-12-3-4-19(14-35)24-33-21(22-23(29)30-11-13-36(22)24)17-5-7-18(8-6-17)25(37)34-27-31-10-9-20(32-27)39-2/h5-11,13,19H,3-4,12,14-16H2,1-2H3,(H2,29,30)(H,31,32,34,37). The number of methoxy groups -OCH3 is 1. The van der Waals surface area contributed by atoms with Crippen molar-refractivity contribution < 1.29 is 19.1 Å². The van der Waals surface area contributed by atoms with E-state index >= 15 is 0 Å². The number of ether oxygens (including phenoxy) is 2. The first-order valence-corrected chi connectivity index (χ1v) is 13.1. The first-order chi connectivity index (χ1) is 19.4. The maximum absolute atomic E-state index is 13.2. The molecule has 12 heteroatoms. The molecule has 2 amide bonds. The Hall–Kier alpha value is -4.58. The number of aromatic nitrogens is 5. The van der Waals surface area contributed by atoms with Gasteiger partial charge in [0.2, 0.25) is 17.7 Å². The Bertz CT molecular complexity index is 1580. The van der Waals surface area contributed by atoms with Crippen molar-refractivity contribution in [1.29, 1.82) is 0 Å². The number of carbonyl (C=O) groups is 2. The van der Waals surface area contributed by atoms with E-state index in [9.17, 15) is 9.59 Å². The minimum atomic E-state index is -0.442. The number of hydrogen-bond acceptors (Lipinski definition) is 9. The van der Waals surface area contributed by atoms with Crippen LogP contribution in [0.2, 0.25) is 0 Å². The molecular weight excluding hydrogens is 512 g/mol. The highest BCUT2D eigenvalue weighted by molar-refractivity contribution is 6.03. The number of benzene rings is 1. The molecule has 6 rings (SSSR count). The molecule has 2 aliphatic heterocycles. The Morgan fingerprint density at radius 2 is 1.93 bits per heavy atom. The second-order valence-electron chi connectivity index (χ2n) is 10.4. The molecule has 0 spiro atoms. The van der Waals surface area contributed by atoms with Crippen LogP contribution in [0, 0.1) is 5.41 Å². The van der Waals surface area contributed by atoms with E-state index < -0.39 is 5.41 Å². The molecule has 12 nitrogen and oxygen atoms in total. The molecule has 1 atom stereocenters. The number of piperidine rings is 1. The van der Waals surface area contributed by atoms with Crippen LogP contribution in [0.1, 0.15) is 41.9 Å². The van der Waals surface area contributed by atoms with Crippen molar-refractivity contribution >= 4 is 29.1 Å². The van der Waals surface area contributed by atoms with Gasteiger partial charge in [0.15, 0.2) is 0 Å². The number of carbonyl (C=O) groups excluding carboxylic acids is 2. The summed E-state index contributed by atoms with van der Waals surface area (Å²) in [6, 6.07) is 8.68. The van der Waals surface area contributed by atoms with E-state index in [2.05, 4.69) is 20.3 Å². The summed E-state index contributed by atoms with van der Waals surface area (Å²) in [4.78, 5) is 45.5. The summed E-state index contributed by atoms with van der Waals surface area (Å²) in [5.74, 6) is 1.52. The summed E-state index contributed by atoms with van der Waals surface area (Å²) < 4.78 is 12.4. The summed E-state index contributed by atoms with van der Waals surface area (Å²) in [5, 5.41) is 2.68. The number of fused-ring (bicyclic) bond motifs is 1. The molecule has 2 fully saturated rings. The van der Waals surface area contributed by atoms with E-state index in [4.69, 9.17) is 20.2 Å². The SMILES string of the molecule is COc1ccnc(NC(=O)c2ccc(-c3nc(C4CCCN(C(=O)C5(C)COC5)C4)n4ccnc(N)c34)cc2)n1. The second-order valence-corrected chi connectivity index (χ2v) is 10.4. The van der Waals surface area contributed by atoms with Crippen molar-refractivity contribution in [2.75, 3.05) is 44.5 Å². The third kappa shape index (κ3) is 4.60. The Balaban J connectivity index is 1.27. The van der Waals surface area contributed by atoms with Crippen molar-refractivity contribution in [3.05, 3.63) is 60.3 Å². The number of imidazole rings is 1. The number of nitrogens with one attached hydrogen (secondary N) is 1. The van der Waals surface area contributed by atoms with Crippen LogP contribution >= 0.6 is 0 Å². The molecule has 2 saturated heterocycles. The zero-order valence-electron chi connectivity index (χ0n) is 22.3. The lowest BCUT2D eigenvalue weighted by molar-refractivity contribution is -0.169. The normalized spacial score (nSPS) is 18.2. The molecule has 3 aromatic heterocycles. The van der Waals surface area contributed by atoms with Gasteiger partial charge in [0, 0.05) is 54.8 Å². The number of rotatable bonds is 6. The van der Waals surface area contributed by atoms with E-state index in [1.807, 2.05) is 34.6 Å². The summed E-state index contributed by atoms with van der Waals surface area (Å²) in [6.45, 7) is 4.21. The topological polar surface area (TPSA) is 150 Å². The monoisotopic (exact) mass is 542 g/mol. The third-order valence-corrected chi connectivity index (χ3v) is 7.53. The number of amides is 2. The van der Waals surface area contributed by atoms with E-state index in [1.54, 1.807) is 24.4 Å². The van der Waals surface area contributed by atoms with E-state index in [0.29, 0.717) is 48.2 Å². The van der Waals surface area contributed by atoms with E-state index in [-0.39, 0.29) is 23.7 Å². The van der Waals surface area contributed by atoms with Gasteiger partial charge in [-0.25, -0.2) is 15.0 Å². The third-order valence-electron chi connectivity index (χ3n) is 7.53. The molecule has 0 saturated carbocycles. The lowest BCUT2D eigenvalue weighted by atomic mass is 9.85. The quantitative estimate of drug-likeness (QED) is 0.375. The number of likely N-dealkylation sites (tertiary alicyclic amines) is 1. The minimum Gasteiger partial charge on any atom is -0.481 e. The molecule has 3 N–H and O–H groups in total. The fraction of sp³-hybridized carbons (Fsp3) is 0.357. The van der Waals surface area contributed by atoms with Gasteiger partial charge in [0.1, 0.15) is 22.9 Å². The van der Waals surface area contributed by atoms with Gasteiger partial charge in [0.05, 0.1) is 25.7 Å². The molecule has 40 heavy (non-hydrogen) atoms. The number of hydrogen-bond donors (Lipinski definition) is 2. The summed E-state index contributed by atoms with van der Waals surface area (Å²) >= 11 is 0. The van der Waals surface area contributed by atoms with Crippen LogP contribution < -0.4 is 15.8 Å². The smallest absolute Gasteiger partial charge is 0.258 e. The second kappa shape index (κ2) is 10.2. The fourth-order valence-electron chi connectivity index (χ4n) is 5.33. The first kappa shape index (κ1) is 25.7. The summed E-state index contributed by atoms with van der Waals surface area (Å²) in [6.07, 6.45) is 6.81. The molecule has 0 aliphatic carbocycles. The number of nitrogens with zero attached hydrogens (tertiary/aromatic N) is 6. The van der Waals surface area contributed by atoms with Crippen LogP contribution in [0.5, 0.6) is 5.88 Å². The Morgan fingerprint density at radius 1 is 1.12 bits per heavy atom. The minimum absolute atomic E-state index is 0.0401. The maximum atomic E-state index is 13.2. The fourth-order valence-corrected chi connectivity index (χ4v) is 5.33. The van der Waals surface area contributed by atoms with E-state index in [0.717, 1.165) is 30.8 Å². The molecular formula is C28H30N8O4. The van der Waals surface area contributed by atoms with Gasteiger partial charge in [-0.1, -0.05) is 12.1 Å². The van der Waals surface area contributed by atoms with Crippen LogP contribution in [0.25, 0.3) is 16.8 Å². The summed E-state index contributed by atoms with van der Waals surface area (Å²) in [5.41, 5.74) is 8.49. The van der Waals surface area contributed by atoms with Gasteiger partial charge in [-0.15, -0.1) is 0 Å². The van der Waals surface area contributed by atoms with Crippen LogP contribution in [0.15, 0.2) is 48.9 Å². The van der Waals surface area contributed by atoms with Crippen molar-refractivity contribution in [2.24, 2.45) is 5.41 Å². The van der Waals surface area contributed by atoms with Gasteiger partial charge in [-0.2, -0.15) is 4.98 Å². The van der Waals surface area contributed by atoms with Gasteiger partial charge < -0.3 is 20.1 Å². The Morgan fingerprint density at radius 3 is 2.65 bits per heavy atom. The first-order valence-electron chi connectivity index (χ1n) is 13.1. The molecule has 4 aromatic rings. The predicted octanol–water partition coefficient (Wildman–Crippen LogP) is 2.77. The molecule has 2 aliphatic rings. The average Bonchev–Trinajstić information content (AvgIpc) is 3.37. The van der Waals surface area contributed by atoms with E-state index in [1.165, 1.54) is 13.3 Å². The van der Waals surface area contributed by atoms with Crippen molar-refractivity contribution in [2.45, 2.75) is 25.7 Å². The molecule has 1 unspecified atom stereocenters. The highest BCUT2D eigenvalue weighted by Crippen LogP contribution is 2.36. The zero-order chi connectivity index (χ0) is 27.9. The van der Waals surface area contributed by atoms with Gasteiger partial charge in [-0.05, 0) is 31.9 Å². The lowest BCUT2D eigenvalue weighted by Gasteiger charge is -2.42. The van der Waals surface area contributed by atoms with Gasteiger partial charge in [-0.3, -0.25) is 19.3 Å². The molecule has 5 heterocycles. The molecule has 0 bridgehead atoms. The Labute approximate surface area is 230 Å². The van der Waals surface area contributed by atoms with Crippen LogP contribution in [0.3, 0.4) is 0 Å². The highest BCUT2D eigenvalue weighted by Gasteiger charge is 2.44. The average molecular weight is 543 g/mol. The molecule has 206 valence electrons. The number of nitrogen functional groups attached to an aromatic ring is 1. The van der Waals surface area contributed by atoms with Crippen molar-refractivity contribution in [3.63, 3.8) is 0 Å². The maximum Gasteiger partial charge on any atom is 0.258 e. The van der Waals surface area contributed by atoms with Crippen LogP contribution in [-0.4, -0.2) is 74.5 Å². The largest absolute Gasteiger partial charge is 0.481 e. The predicted molar refractivity (Wildman–Crippen MR) is 147 cm³/mol. The number of anilines is 2. The van der Waals surface area contributed by atoms with Crippen molar-refractivity contribution in [1.82, 2.24) is 29.2 Å². The van der Waals surface area contributed by atoms with Gasteiger partial charge in [0.25, 0.3) is 5.91 Å². The van der Waals surface area contributed by atoms with Crippen LogP contribution in [0.4, 0.5) is 11.8 Å². The van der Waals surface area contributed by atoms with Gasteiger partial charge >= 0.3 is 0 Å². The zero-order valence-corrected chi connectivity index (χ0v) is 22.3. The van der Waals surface area contributed by atoms with Crippen molar-refractivity contribution in [3.8, 4) is 17.1 Å². The summed E-state index contributed by atoms with van der Waals surface area (Å²) in [7, 11) is 1.49. The Kier molecular flexibility index (Phi) is 6.54. The van der Waals surface area contributed by atoms with Crippen LogP contribution in [-0.2, 0) is 9.53 Å². The lowest BCUT2D eigenvalue weighted by Crippen LogP contribution is -2.55. The number of nitrogens with two attached hydrogens (primary N) is 1.